The molecule has 3 rings (SSSR count). The van der Waals surface area contributed by atoms with E-state index < -0.39 is 10.0 Å². The van der Waals surface area contributed by atoms with E-state index in [1.807, 2.05) is 0 Å². The van der Waals surface area contributed by atoms with E-state index in [-0.39, 0.29) is 11.4 Å². The molecular weight excluding hydrogens is 398 g/mol. The van der Waals surface area contributed by atoms with Crippen LogP contribution in [0, 0.1) is 0 Å². The Labute approximate surface area is 173 Å². The summed E-state index contributed by atoms with van der Waals surface area (Å²) >= 11 is 5.87. The van der Waals surface area contributed by atoms with Gasteiger partial charge in [-0.15, -0.1) is 0 Å². The molecule has 1 aromatic carbocycles. The Morgan fingerprint density at radius 1 is 1.25 bits per heavy atom. The maximum Gasteiger partial charge on any atom is 0.240 e. The summed E-state index contributed by atoms with van der Waals surface area (Å²) in [6.07, 6.45) is 6.47. The zero-order valence-corrected chi connectivity index (χ0v) is 17.9. The third-order valence-electron chi connectivity index (χ3n) is 5.44. The van der Waals surface area contributed by atoms with E-state index in [2.05, 4.69) is 25.2 Å². The molecule has 0 aromatic heterocycles. The van der Waals surface area contributed by atoms with Gasteiger partial charge in [0.15, 0.2) is 5.96 Å². The molecule has 2 fully saturated rings. The first kappa shape index (κ1) is 21.4. The zero-order valence-electron chi connectivity index (χ0n) is 16.3. The molecule has 0 radical (unpaired) electrons. The van der Waals surface area contributed by atoms with Crippen LogP contribution in [-0.2, 0) is 10.0 Å². The number of hydrogen-bond donors (Lipinski definition) is 3. The van der Waals surface area contributed by atoms with E-state index in [0.717, 1.165) is 25.6 Å². The summed E-state index contributed by atoms with van der Waals surface area (Å²) in [5.74, 6) is 0.709. The largest absolute Gasteiger partial charge is 0.355 e. The molecule has 1 aliphatic heterocycles. The first-order valence-corrected chi connectivity index (χ1v) is 11.8. The van der Waals surface area contributed by atoms with Crippen molar-refractivity contribution in [2.24, 2.45) is 4.99 Å². The molecule has 1 unspecified atom stereocenters. The van der Waals surface area contributed by atoms with E-state index in [1.165, 1.54) is 37.8 Å². The molecule has 1 heterocycles. The molecule has 28 heavy (non-hydrogen) atoms. The molecule has 7 nitrogen and oxygen atoms in total. The monoisotopic (exact) mass is 427 g/mol. The van der Waals surface area contributed by atoms with Crippen molar-refractivity contribution in [3.05, 3.63) is 29.3 Å². The first-order chi connectivity index (χ1) is 13.5. The molecule has 1 aromatic rings. The van der Waals surface area contributed by atoms with Gasteiger partial charge < -0.3 is 10.6 Å². The normalized spacial score (nSPS) is 21.9. The van der Waals surface area contributed by atoms with Crippen molar-refractivity contribution in [1.82, 2.24) is 20.3 Å². The summed E-state index contributed by atoms with van der Waals surface area (Å²) in [6, 6.07) is 7.37. The number of sulfonamides is 1. The first-order valence-electron chi connectivity index (χ1n) is 9.94. The maximum atomic E-state index is 12.3. The number of benzene rings is 1. The van der Waals surface area contributed by atoms with Gasteiger partial charge in [-0.2, -0.15) is 0 Å². The van der Waals surface area contributed by atoms with Crippen LogP contribution >= 0.6 is 11.6 Å². The average Bonchev–Trinajstić information content (AvgIpc) is 3.36. The fourth-order valence-electron chi connectivity index (χ4n) is 3.98. The second-order valence-electron chi connectivity index (χ2n) is 7.42. The lowest BCUT2D eigenvalue weighted by Crippen LogP contribution is -2.47. The van der Waals surface area contributed by atoms with Gasteiger partial charge in [-0.1, -0.05) is 30.5 Å². The van der Waals surface area contributed by atoms with Crippen LogP contribution in [-0.4, -0.2) is 64.6 Å². The molecule has 1 aliphatic carbocycles. The van der Waals surface area contributed by atoms with Gasteiger partial charge in [-0.25, -0.2) is 13.1 Å². The summed E-state index contributed by atoms with van der Waals surface area (Å²) in [7, 11) is -1.84. The fraction of sp³-hybridized carbons (Fsp3) is 0.632. The molecule has 156 valence electrons. The molecule has 1 atom stereocenters. The predicted molar refractivity (Wildman–Crippen MR) is 113 cm³/mol. The topological polar surface area (TPSA) is 85.8 Å². The minimum atomic E-state index is -3.57. The Hall–Kier alpha value is -1.35. The number of rotatable bonds is 7. The van der Waals surface area contributed by atoms with Crippen molar-refractivity contribution in [1.29, 1.82) is 0 Å². The van der Waals surface area contributed by atoms with Crippen LogP contribution in [0.4, 0.5) is 0 Å². The van der Waals surface area contributed by atoms with Crippen LogP contribution < -0.4 is 15.4 Å². The van der Waals surface area contributed by atoms with Crippen LogP contribution in [0.2, 0.25) is 5.02 Å². The summed E-state index contributed by atoms with van der Waals surface area (Å²) in [4.78, 5) is 7.02. The number of nitrogens with zero attached hydrogens (tertiary/aromatic N) is 2. The number of aliphatic imine (C=N–C) groups is 1. The highest BCUT2D eigenvalue weighted by Crippen LogP contribution is 2.26. The Balaban J connectivity index is 1.40. The van der Waals surface area contributed by atoms with Gasteiger partial charge in [0.2, 0.25) is 10.0 Å². The average molecular weight is 428 g/mol. The fourth-order valence-corrected chi connectivity index (χ4v) is 5.31. The highest BCUT2D eigenvalue weighted by Gasteiger charge is 2.30. The van der Waals surface area contributed by atoms with Crippen LogP contribution in [0.3, 0.4) is 0 Å². The lowest BCUT2D eigenvalue weighted by molar-refractivity contribution is 0.242. The molecule has 3 N–H and O–H groups in total. The Morgan fingerprint density at radius 3 is 2.75 bits per heavy atom. The van der Waals surface area contributed by atoms with Crippen molar-refractivity contribution in [2.75, 3.05) is 33.2 Å². The summed E-state index contributed by atoms with van der Waals surface area (Å²) in [6.45, 7) is 2.89. The molecule has 0 spiro atoms. The molecule has 0 bridgehead atoms. The third-order valence-corrected chi connectivity index (χ3v) is 7.13. The number of guanidine groups is 1. The third kappa shape index (κ3) is 5.83. The molecule has 9 heteroatoms. The Kier molecular flexibility index (Phi) is 7.56. The molecular formula is C19H30ClN5O2S. The smallest absolute Gasteiger partial charge is 0.240 e. The SMILES string of the molecule is CN=C(NCCNS(=O)(=O)c1cccc(Cl)c1)NC1CCN(C2CCCC2)C1. The molecule has 0 amide bonds. The van der Waals surface area contributed by atoms with Crippen LogP contribution in [0.25, 0.3) is 0 Å². The van der Waals surface area contributed by atoms with Gasteiger partial charge in [0, 0.05) is 50.3 Å². The van der Waals surface area contributed by atoms with Crippen LogP contribution in [0.15, 0.2) is 34.2 Å². The number of halogens is 1. The lowest BCUT2D eigenvalue weighted by Gasteiger charge is -2.24. The van der Waals surface area contributed by atoms with E-state index in [0.29, 0.717) is 23.6 Å². The van der Waals surface area contributed by atoms with E-state index >= 15 is 0 Å². The lowest BCUT2D eigenvalue weighted by atomic mass is 10.2. The van der Waals surface area contributed by atoms with Gasteiger partial charge in [-0.3, -0.25) is 9.89 Å². The second kappa shape index (κ2) is 9.91. The van der Waals surface area contributed by atoms with Gasteiger partial charge in [-0.05, 0) is 37.5 Å². The van der Waals surface area contributed by atoms with Gasteiger partial charge in [0.25, 0.3) is 0 Å². The summed E-state index contributed by atoms with van der Waals surface area (Å²) < 4.78 is 27.2. The second-order valence-corrected chi connectivity index (χ2v) is 9.62. The predicted octanol–water partition coefficient (Wildman–Crippen LogP) is 1.80. The minimum absolute atomic E-state index is 0.167. The number of nitrogens with one attached hydrogen (secondary N) is 3. The van der Waals surface area contributed by atoms with Crippen molar-refractivity contribution < 1.29 is 8.42 Å². The molecule has 2 aliphatic rings. The van der Waals surface area contributed by atoms with E-state index in [4.69, 9.17) is 11.6 Å². The highest BCUT2D eigenvalue weighted by molar-refractivity contribution is 7.89. The van der Waals surface area contributed by atoms with Crippen molar-refractivity contribution >= 4 is 27.6 Å². The maximum absolute atomic E-state index is 12.3. The van der Waals surface area contributed by atoms with Crippen LogP contribution in [0.1, 0.15) is 32.1 Å². The van der Waals surface area contributed by atoms with Crippen molar-refractivity contribution in [3.8, 4) is 0 Å². The Bertz CT molecular complexity index is 780. The minimum Gasteiger partial charge on any atom is -0.355 e. The summed E-state index contributed by atoms with van der Waals surface area (Å²) in [5, 5.41) is 7.04. The zero-order chi connectivity index (χ0) is 20.0. The van der Waals surface area contributed by atoms with Crippen molar-refractivity contribution in [2.45, 2.75) is 49.1 Å². The number of likely N-dealkylation sites (tertiary alicyclic amines) is 1. The van der Waals surface area contributed by atoms with Gasteiger partial charge in [0.1, 0.15) is 0 Å². The van der Waals surface area contributed by atoms with Gasteiger partial charge >= 0.3 is 0 Å². The molecule has 1 saturated carbocycles. The standard InChI is InChI=1S/C19H30ClN5O2S/c1-21-19(24-16-9-12-25(14-16)17-6-2-3-7-17)22-10-11-23-28(26,27)18-8-4-5-15(20)13-18/h4-5,8,13,16-17,23H,2-3,6-7,9-12,14H2,1H3,(H2,21,22,24). The molecule has 1 saturated heterocycles. The van der Waals surface area contributed by atoms with E-state index in [9.17, 15) is 8.42 Å². The quantitative estimate of drug-likeness (QED) is 0.351. The Morgan fingerprint density at radius 2 is 2.04 bits per heavy atom. The highest BCUT2D eigenvalue weighted by atomic mass is 35.5. The summed E-state index contributed by atoms with van der Waals surface area (Å²) in [5.41, 5.74) is 0. The van der Waals surface area contributed by atoms with Crippen LogP contribution in [0.5, 0.6) is 0 Å². The van der Waals surface area contributed by atoms with Gasteiger partial charge in [0.05, 0.1) is 4.90 Å². The number of hydrogen-bond acceptors (Lipinski definition) is 4. The van der Waals surface area contributed by atoms with E-state index in [1.54, 1.807) is 19.2 Å². The van der Waals surface area contributed by atoms with Crippen molar-refractivity contribution in [3.63, 3.8) is 0 Å².